The Balaban J connectivity index is 1.90. The molecule has 0 radical (unpaired) electrons. The van der Waals surface area contributed by atoms with Gasteiger partial charge in [0.2, 0.25) is 0 Å². The zero-order chi connectivity index (χ0) is 12.7. The first kappa shape index (κ1) is 12.2. The third-order valence-corrected chi connectivity index (χ3v) is 4.87. The molecule has 3 aliphatic rings. The topological polar surface area (TPSA) is 58.6 Å². The van der Waals surface area contributed by atoms with Crippen molar-refractivity contribution in [1.29, 1.82) is 0 Å². The molecule has 2 unspecified atom stereocenters. The first-order chi connectivity index (χ1) is 8.72. The fraction of sp³-hybridized carbons (Fsp3) is 0.786. The van der Waals surface area contributed by atoms with E-state index in [1.165, 1.54) is 11.3 Å². The van der Waals surface area contributed by atoms with Crippen molar-refractivity contribution in [3.05, 3.63) is 11.3 Å². The Bertz CT molecular complexity index is 391. The second kappa shape index (κ2) is 4.67. The number of aliphatic hydroxyl groups excluding tert-OH is 1. The summed E-state index contributed by atoms with van der Waals surface area (Å²) in [7, 11) is 1.73. The molecule has 0 saturated heterocycles. The van der Waals surface area contributed by atoms with Gasteiger partial charge in [-0.05, 0) is 42.6 Å². The van der Waals surface area contributed by atoms with Crippen molar-refractivity contribution >= 4 is 5.78 Å². The fourth-order valence-electron chi connectivity index (χ4n) is 3.97. The highest BCUT2D eigenvalue weighted by Gasteiger charge is 2.44. The molecule has 2 aliphatic carbocycles. The van der Waals surface area contributed by atoms with Crippen LogP contribution in [0.25, 0.3) is 0 Å². The average Bonchev–Trinajstić information content (AvgIpc) is 2.37. The van der Waals surface area contributed by atoms with Crippen LogP contribution < -0.4 is 5.32 Å². The van der Waals surface area contributed by atoms with Crippen molar-refractivity contribution in [2.24, 2.45) is 17.8 Å². The van der Waals surface area contributed by atoms with Gasteiger partial charge in [0, 0.05) is 32.3 Å². The van der Waals surface area contributed by atoms with Crippen LogP contribution in [0, 0.1) is 17.8 Å². The summed E-state index contributed by atoms with van der Waals surface area (Å²) in [5.74, 6) is 1.26. The first-order valence-corrected chi connectivity index (χ1v) is 6.86. The van der Waals surface area contributed by atoms with E-state index in [9.17, 15) is 9.90 Å². The molecule has 0 amide bonds. The van der Waals surface area contributed by atoms with Crippen LogP contribution in [0.4, 0.5) is 0 Å². The van der Waals surface area contributed by atoms with Crippen molar-refractivity contribution in [3.8, 4) is 0 Å². The number of ketones is 1. The SMILES string of the molecule is CO[C@H]1CCC2=C(CC3CC(=O)C[C@@H]2C3CO)N1. The van der Waals surface area contributed by atoms with Gasteiger partial charge in [0.05, 0.1) is 0 Å². The summed E-state index contributed by atoms with van der Waals surface area (Å²) in [5, 5.41) is 13.1. The maximum absolute atomic E-state index is 11.8. The summed E-state index contributed by atoms with van der Waals surface area (Å²) in [6, 6.07) is 0. The molecule has 1 fully saturated rings. The Morgan fingerprint density at radius 2 is 2.22 bits per heavy atom. The number of hydrogen-bond acceptors (Lipinski definition) is 4. The molecule has 1 saturated carbocycles. The largest absolute Gasteiger partial charge is 0.396 e. The summed E-state index contributed by atoms with van der Waals surface area (Å²) < 4.78 is 5.37. The number of rotatable bonds is 2. The van der Waals surface area contributed by atoms with Crippen molar-refractivity contribution < 1.29 is 14.6 Å². The van der Waals surface area contributed by atoms with Gasteiger partial charge in [0.1, 0.15) is 12.0 Å². The van der Waals surface area contributed by atoms with E-state index in [0.29, 0.717) is 30.5 Å². The van der Waals surface area contributed by atoms with Gasteiger partial charge >= 0.3 is 0 Å². The second-order valence-corrected chi connectivity index (χ2v) is 5.78. The summed E-state index contributed by atoms with van der Waals surface area (Å²) in [6.45, 7) is 0.215. The number of fused-ring (bicyclic) bond motifs is 3. The predicted molar refractivity (Wildman–Crippen MR) is 66.6 cm³/mol. The number of ether oxygens (including phenoxy) is 1. The Morgan fingerprint density at radius 3 is 2.94 bits per heavy atom. The van der Waals surface area contributed by atoms with Crippen LogP contribution in [-0.4, -0.2) is 30.8 Å². The average molecular weight is 251 g/mol. The highest BCUT2D eigenvalue weighted by Crippen LogP contribution is 2.48. The summed E-state index contributed by atoms with van der Waals surface area (Å²) >= 11 is 0. The van der Waals surface area contributed by atoms with E-state index in [-0.39, 0.29) is 18.8 Å². The minimum atomic E-state index is 0.117. The van der Waals surface area contributed by atoms with Crippen molar-refractivity contribution in [2.45, 2.75) is 38.3 Å². The number of nitrogens with one attached hydrogen (secondary N) is 1. The number of aliphatic hydroxyl groups is 1. The molecule has 4 heteroatoms. The van der Waals surface area contributed by atoms with Crippen LogP contribution in [0.5, 0.6) is 0 Å². The monoisotopic (exact) mass is 251 g/mol. The molecule has 2 N–H and O–H groups in total. The van der Waals surface area contributed by atoms with Crippen molar-refractivity contribution in [3.63, 3.8) is 0 Å². The number of Topliss-reactive ketones (excluding diaryl/α,β-unsaturated/α-hetero) is 1. The zero-order valence-electron chi connectivity index (χ0n) is 10.8. The molecule has 2 bridgehead atoms. The van der Waals surface area contributed by atoms with E-state index in [2.05, 4.69) is 5.32 Å². The minimum absolute atomic E-state index is 0.117. The molecule has 0 spiro atoms. The van der Waals surface area contributed by atoms with E-state index < -0.39 is 0 Å². The number of allylic oxidation sites excluding steroid dienone is 2. The molecular formula is C14H21NO3. The summed E-state index contributed by atoms with van der Waals surface area (Å²) in [6.07, 6.45) is 4.25. The van der Waals surface area contributed by atoms with Gasteiger partial charge < -0.3 is 15.2 Å². The normalized spacial score (nSPS) is 39.3. The number of carbonyl (C=O) groups is 1. The van der Waals surface area contributed by atoms with E-state index in [1.807, 2.05) is 0 Å². The molecule has 18 heavy (non-hydrogen) atoms. The summed E-state index contributed by atoms with van der Waals surface area (Å²) in [5.41, 5.74) is 2.67. The van der Waals surface area contributed by atoms with Crippen LogP contribution in [0.1, 0.15) is 32.1 Å². The van der Waals surface area contributed by atoms with Crippen molar-refractivity contribution in [1.82, 2.24) is 5.32 Å². The Kier molecular flexibility index (Phi) is 3.16. The zero-order valence-corrected chi connectivity index (χ0v) is 10.8. The van der Waals surface area contributed by atoms with Crippen LogP contribution in [-0.2, 0) is 9.53 Å². The van der Waals surface area contributed by atoms with Gasteiger partial charge in [-0.25, -0.2) is 0 Å². The molecule has 3 rings (SSSR count). The van der Waals surface area contributed by atoms with E-state index >= 15 is 0 Å². The van der Waals surface area contributed by atoms with Gasteiger partial charge in [0.25, 0.3) is 0 Å². The third-order valence-electron chi connectivity index (χ3n) is 4.87. The smallest absolute Gasteiger partial charge is 0.133 e. The molecule has 1 heterocycles. The highest BCUT2D eigenvalue weighted by atomic mass is 16.5. The number of hydrogen-bond donors (Lipinski definition) is 2. The van der Waals surface area contributed by atoms with E-state index in [4.69, 9.17) is 4.74 Å². The molecule has 100 valence electrons. The lowest BCUT2D eigenvalue weighted by Crippen LogP contribution is -2.46. The molecule has 1 aliphatic heterocycles. The van der Waals surface area contributed by atoms with Crippen LogP contribution >= 0.6 is 0 Å². The maximum atomic E-state index is 11.8. The second-order valence-electron chi connectivity index (χ2n) is 5.78. The molecule has 0 aromatic rings. The Morgan fingerprint density at radius 1 is 1.39 bits per heavy atom. The standard InChI is InChI=1S/C14H21NO3/c1-18-14-3-2-10-11-6-9(17)4-8(12(11)7-16)5-13(10)15-14/h8,11-12,14-16H,2-7H2,1H3/t8?,11-,12?,14-/m0/s1. The van der Waals surface area contributed by atoms with Crippen molar-refractivity contribution in [2.75, 3.05) is 13.7 Å². The van der Waals surface area contributed by atoms with Crippen LogP contribution in [0.2, 0.25) is 0 Å². The van der Waals surface area contributed by atoms with E-state index in [1.54, 1.807) is 7.11 Å². The lowest BCUT2D eigenvalue weighted by Gasteiger charge is -2.46. The van der Waals surface area contributed by atoms with Crippen LogP contribution in [0.3, 0.4) is 0 Å². The molecule has 0 aromatic heterocycles. The highest BCUT2D eigenvalue weighted by molar-refractivity contribution is 5.80. The molecule has 4 atom stereocenters. The number of methoxy groups -OCH3 is 1. The molecule has 0 aromatic carbocycles. The number of carbonyl (C=O) groups excluding carboxylic acids is 1. The maximum Gasteiger partial charge on any atom is 0.133 e. The van der Waals surface area contributed by atoms with Gasteiger partial charge in [-0.3, -0.25) is 4.79 Å². The van der Waals surface area contributed by atoms with E-state index in [0.717, 1.165) is 19.3 Å². The van der Waals surface area contributed by atoms with Crippen LogP contribution in [0.15, 0.2) is 11.3 Å². The lowest BCUT2D eigenvalue weighted by molar-refractivity contribution is -0.125. The fourth-order valence-corrected chi connectivity index (χ4v) is 3.97. The Labute approximate surface area is 107 Å². The van der Waals surface area contributed by atoms with Gasteiger partial charge in [0.15, 0.2) is 0 Å². The van der Waals surface area contributed by atoms with Gasteiger partial charge in [-0.2, -0.15) is 0 Å². The lowest BCUT2D eigenvalue weighted by atomic mass is 9.62. The third kappa shape index (κ3) is 1.88. The molecular weight excluding hydrogens is 230 g/mol. The quantitative estimate of drug-likeness (QED) is 0.774. The van der Waals surface area contributed by atoms with Gasteiger partial charge in [-0.1, -0.05) is 0 Å². The first-order valence-electron chi connectivity index (χ1n) is 6.86. The predicted octanol–water partition coefficient (Wildman–Crippen LogP) is 1.20. The summed E-state index contributed by atoms with van der Waals surface area (Å²) in [4.78, 5) is 11.8. The minimum Gasteiger partial charge on any atom is -0.396 e. The molecule has 4 nitrogen and oxygen atoms in total. The van der Waals surface area contributed by atoms with Gasteiger partial charge in [-0.15, -0.1) is 0 Å². The Hall–Kier alpha value is -0.870.